The number of ether oxygens (including phenoxy) is 2. The molecular formula is C15H22N2O2. The number of fused-ring (bicyclic) bond motifs is 1. The summed E-state index contributed by atoms with van der Waals surface area (Å²) in [6.45, 7) is 1.45. The van der Waals surface area contributed by atoms with Gasteiger partial charge in [-0.3, -0.25) is 11.3 Å². The highest BCUT2D eigenvalue weighted by atomic mass is 16.5. The molecule has 1 saturated carbocycles. The topological polar surface area (TPSA) is 56.5 Å². The Balaban J connectivity index is 1.76. The Kier molecular flexibility index (Phi) is 3.89. The van der Waals surface area contributed by atoms with Crippen molar-refractivity contribution in [3.63, 3.8) is 0 Å². The zero-order valence-electron chi connectivity index (χ0n) is 11.2. The van der Waals surface area contributed by atoms with Crippen molar-refractivity contribution in [2.45, 2.75) is 38.1 Å². The summed E-state index contributed by atoms with van der Waals surface area (Å²) in [5.41, 5.74) is 4.14. The largest absolute Gasteiger partial charge is 0.490 e. The smallest absolute Gasteiger partial charge is 0.161 e. The second kappa shape index (κ2) is 5.80. The van der Waals surface area contributed by atoms with E-state index in [4.69, 9.17) is 15.3 Å². The van der Waals surface area contributed by atoms with Gasteiger partial charge < -0.3 is 9.47 Å². The third kappa shape index (κ3) is 2.85. The van der Waals surface area contributed by atoms with E-state index in [0.29, 0.717) is 0 Å². The highest BCUT2D eigenvalue weighted by Gasteiger charge is 2.23. The number of hydrogen-bond acceptors (Lipinski definition) is 4. The molecule has 1 heterocycles. The van der Waals surface area contributed by atoms with Gasteiger partial charge in [0.25, 0.3) is 0 Å². The van der Waals surface area contributed by atoms with Crippen molar-refractivity contribution in [3.8, 4) is 11.5 Å². The minimum atomic E-state index is 0.211. The Morgan fingerprint density at radius 3 is 2.63 bits per heavy atom. The third-order valence-corrected chi connectivity index (χ3v) is 4.17. The van der Waals surface area contributed by atoms with Gasteiger partial charge >= 0.3 is 0 Å². The fraction of sp³-hybridized carbons (Fsp3) is 0.600. The zero-order chi connectivity index (χ0) is 13.1. The fourth-order valence-corrected chi connectivity index (χ4v) is 2.76. The van der Waals surface area contributed by atoms with Crippen LogP contribution < -0.4 is 20.7 Å². The van der Waals surface area contributed by atoms with E-state index in [1.54, 1.807) is 0 Å². The Morgan fingerprint density at radius 2 is 1.95 bits per heavy atom. The monoisotopic (exact) mass is 262 g/mol. The van der Waals surface area contributed by atoms with Gasteiger partial charge in [-0.2, -0.15) is 0 Å². The number of hydrazine groups is 1. The van der Waals surface area contributed by atoms with E-state index in [1.807, 2.05) is 6.07 Å². The van der Waals surface area contributed by atoms with Crippen LogP contribution in [-0.4, -0.2) is 13.2 Å². The van der Waals surface area contributed by atoms with Crippen molar-refractivity contribution in [1.29, 1.82) is 0 Å². The van der Waals surface area contributed by atoms with Gasteiger partial charge in [-0.1, -0.05) is 25.3 Å². The van der Waals surface area contributed by atoms with E-state index in [-0.39, 0.29) is 6.04 Å². The molecule has 0 spiro atoms. The number of nitrogens with one attached hydrogen (secondary N) is 1. The first-order valence-electron chi connectivity index (χ1n) is 7.22. The normalized spacial score (nSPS) is 20.5. The van der Waals surface area contributed by atoms with Crippen LogP contribution in [0.15, 0.2) is 18.2 Å². The minimum Gasteiger partial charge on any atom is -0.490 e. The summed E-state index contributed by atoms with van der Waals surface area (Å²) in [5, 5.41) is 0. The summed E-state index contributed by atoms with van der Waals surface area (Å²) in [7, 11) is 0. The maximum Gasteiger partial charge on any atom is 0.161 e. The van der Waals surface area contributed by atoms with Crippen molar-refractivity contribution in [3.05, 3.63) is 23.8 Å². The molecule has 2 aliphatic rings. The van der Waals surface area contributed by atoms with Crippen molar-refractivity contribution in [2.24, 2.45) is 11.8 Å². The predicted molar refractivity (Wildman–Crippen MR) is 74.1 cm³/mol. The molecule has 4 nitrogen and oxygen atoms in total. The maximum atomic E-state index is 5.74. The molecule has 3 rings (SSSR count). The van der Waals surface area contributed by atoms with Crippen LogP contribution in [0.5, 0.6) is 11.5 Å². The molecular weight excluding hydrogens is 240 g/mol. The zero-order valence-corrected chi connectivity index (χ0v) is 11.2. The fourth-order valence-electron chi connectivity index (χ4n) is 2.76. The van der Waals surface area contributed by atoms with Crippen LogP contribution in [0.4, 0.5) is 0 Å². The van der Waals surface area contributed by atoms with Gasteiger partial charge in [-0.15, -0.1) is 0 Å². The van der Waals surface area contributed by atoms with Crippen molar-refractivity contribution in [2.75, 3.05) is 13.2 Å². The van der Waals surface area contributed by atoms with E-state index in [2.05, 4.69) is 17.6 Å². The number of rotatable bonds is 4. The Hall–Kier alpha value is -1.26. The van der Waals surface area contributed by atoms with Crippen molar-refractivity contribution in [1.82, 2.24) is 5.43 Å². The van der Waals surface area contributed by atoms with Gasteiger partial charge in [0, 0.05) is 12.5 Å². The van der Waals surface area contributed by atoms with Gasteiger partial charge in [0.1, 0.15) is 0 Å². The first kappa shape index (κ1) is 12.8. The van der Waals surface area contributed by atoms with Crippen LogP contribution in [0.2, 0.25) is 0 Å². The molecule has 1 fully saturated rings. The summed E-state index contributed by atoms with van der Waals surface area (Å²) in [6, 6.07) is 6.38. The molecule has 19 heavy (non-hydrogen) atoms. The second-order valence-corrected chi connectivity index (χ2v) is 5.51. The summed E-state index contributed by atoms with van der Waals surface area (Å²) < 4.78 is 11.4. The van der Waals surface area contributed by atoms with E-state index < -0.39 is 0 Å². The molecule has 4 heteroatoms. The summed E-state index contributed by atoms with van der Waals surface area (Å²) in [6.07, 6.45) is 6.08. The molecule has 1 atom stereocenters. The molecule has 0 bridgehead atoms. The SMILES string of the molecule is NNC(CC1CCC1)c1ccc2c(c1)OCCCO2. The quantitative estimate of drug-likeness (QED) is 0.646. The van der Waals surface area contributed by atoms with E-state index in [1.165, 1.54) is 24.8 Å². The van der Waals surface area contributed by atoms with Gasteiger partial charge in [0.2, 0.25) is 0 Å². The van der Waals surface area contributed by atoms with Crippen LogP contribution in [0, 0.1) is 5.92 Å². The van der Waals surface area contributed by atoms with E-state index in [9.17, 15) is 0 Å². The summed E-state index contributed by atoms with van der Waals surface area (Å²) in [4.78, 5) is 0. The maximum absolute atomic E-state index is 5.74. The van der Waals surface area contributed by atoms with Crippen molar-refractivity contribution >= 4 is 0 Å². The number of benzene rings is 1. The highest BCUT2D eigenvalue weighted by Crippen LogP contribution is 2.37. The Bertz CT molecular complexity index is 432. The molecule has 0 saturated heterocycles. The van der Waals surface area contributed by atoms with E-state index >= 15 is 0 Å². The molecule has 3 N–H and O–H groups in total. The lowest BCUT2D eigenvalue weighted by Gasteiger charge is -2.29. The van der Waals surface area contributed by atoms with Gasteiger partial charge in [-0.25, -0.2) is 0 Å². The van der Waals surface area contributed by atoms with Crippen LogP contribution in [0.1, 0.15) is 43.7 Å². The van der Waals surface area contributed by atoms with Gasteiger partial charge in [0.15, 0.2) is 11.5 Å². The molecule has 1 aromatic carbocycles. The molecule has 1 aliphatic heterocycles. The summed E-state index contributed by atoms with van der Waals surface area (Å²) >= 11 is 0. The minimum absolute atomic E-state index is 0.211. The second-order valence-electron chi connectivity index (χ2n) is 5.51. The lowest BCUT2D eigenvalue weighted by Crippen LogP contribution is -2.31. The third-order valence-electron chi connectivity index (χ3n) is 4.17. The number of nitrogens with two attached hydrogens (primary N) is 1. The molecule has 1 aliphatic carbocycles. The lowest BCUT2D eigenvalue weighted by atomic mass is 9.80. The average Bonchev–Trinajstić information content (AvgIpc) is 2.62. The van der Waals surface area contributed by atoms with E-state index in [0.717, 1.165) is 43.5 Å². The Labute approximate surface area is 114 Å². The lowest BCUT2D eigenvalue weighted by molar-refractivity contribution is 0.261. The molecule has 1 aromatic rings. The van der Waals surface area contributed by atoms with Crippen LogP contribution >= 0.6 is 0 Å². The average molecular weight is 262 g/mol. The first-order valence-corrected chi connectivity index (χ1v) is 7.22. The summed E-state index contributed by atoms with van der Waals surface area (Å²) in [5.74, 6) is 8.23. The van der Waals surface area contributed by atoms with Gasteiger partial charge in [-0.05, 0) is 30.0 Å². The van der Waals surface area contributed by atoms with Gasteiger partial charge in [0.05, 0.1) is 13.2 Å². The Morgan fingerprint density at radius 1 is 1.16 bits per heavy atom. The standard InChI is InChI=1S/C15H22N2O2/c16-17-13(9-11-3-1-4-11)12-5-6-14-15(10-12)19-8-2-7-18-14/h5-6,10-11,13,17H,1-4,7-9,16H2. The molecule has 0 aromatic heterocycles. The number of hydrogen-bond donors (Lipinski definition) is 2. The highest BCUT2D eigenvalue weighted by molar-refractivity contribution is 5.44. The van der Waals surface area contributed by atoms with Crippen LogP contribution in [0.25, 0.3) is 0 Å². The molecule has 0 amide bonds. The molecule has 0 radical (unpaired) electrons. The molecule has 104 valence electrons. The molecule has 1 unspecified atom stereocenters. The van der Waals surface area contributed by atoms with Crippen LogP contribution in [-0.2, 0) is 0 Å². The van der Waals surface area contributed by atoms with Crippen LogP contribution in [0.3, 0.4) is 0 Å². The predicted octanol–water partition coefficient (Wildman–Crippen LogP) is 2.54. The first-order chi connectivity index (χ1) is 9.36. The van der Waals surface area contributed by atoms with Crippen molar-refractivity contribution < 1.29 is 9.47 Å².